The Balaban J connectivity index is 1.82. The fourth-order valence-electron chi connectivity index (χ4n) is 2.81. The molecule has 1 aromatic heterocycles. The summed E-state index contributed by atoms with van der Waals surface area (Å²) in [7, 11) is 0. The van der Waals surface area contributed by atoms with Crippen LogP contribution in [0.25, 0.3) is 5.69 Å². The minimum Gasteiger partial charge on any atom is -0.507 e. The van der Waals surface area contributed by atoms with Gasteiger partial charge in [0.25, 0.3) is 5.91 Å². The van der Waals surface area contributed by atoms with Gasteiger partial charge in [-0.1, -0.05) is 24.3 Å². The Morgan fingerprint density at radius 2 is 1.85 bits per heavy atom. The summed E-state index contributed by atoms with van der Waals surface area (Å²) in [6.07, 6.45) is 1.62. The maximum Gasteiger partial charge on any atom is 0.275 e. The number of hydrogen-bond acceptors (Lipinski definition) is 3. The normalized spacial score (nSPS) is 11.0. The molecule has 2 N–H and O–H groups in total. The Morgan fingerprint density at radius 1 is 1.15 bits per heavy atom. The summed E-state index contributed by atoms with van der Waals surface area (Å²) < 4.78 is 3.32. The van der Waals surface area contributed by atoms with Crippen LogP contribution in [-0.2, 0) is 0 Å². The highest BCUT2D eigenvalue weighted by Crippen LogP contribution is 2.23. The van der Waals surface area contributed by atoms with Crippen molar-refractivity contribution in [3.8, 4) is 11.4 Å². The highest BCUT2D eigenvalue weighted by Gasteiger charge is 2.12. The molecule has 0 spiro atoms. The summed E-state index contributed by atoms with van der Waals surface area (Å²) in [6, 6.07) is 16.5. The zero-order valence-electron chi connectivity index (χ0n) is 14.4. The molecule has 3 rings (SSSR count). The van der Waals surface area contributed by atoms with Gasteiger partial charge in [-0.05, 0) is 66.8 Å². The third-order valence-electron chi connectivity index (χ3n) is 4.08. The van der Waals surface area contributed by atoms with Crippen LogP contribution >= 0.6 is 22.6 Å². The Labute approximate surface area is 165 Å². The first-order chi connectivity index (χ1) is 12.5. The molecule has 26 heavy (non-hydrogen) atoms. The van der Waals surface area contributed by atoms with Crippen molar-refractivity contribution >= 4 is 34.7 Å². The number of para-hydroxylation sites is 2. The van der Waals surface area contributed by atoms with E-state index < -0.39 is 5.91 Å². The smallest absolute Gasteiger partial charge is 0.275 e. The average Bonchev–Trinajstić information content (AvgIpc) is 2.90. The number of carbonyl (C=O) groups excluding carboxylic acids is 1. The molecular formula is C20H18IN3O2. The molecule has 6 heteroatoms. The zero-order chi connectivity index (χ0) is 18.7. The lowest BCUT2D eigenvalue weighted by molar-refractivity contribution is 0.0952. The number of halogens is 1. The van der Waals surface area contributed by atoms with Gasteiger partial charge in [-0.15, -0.1) is 0 Å². The van der Waals surface area contributed by atoms with Crippen molar-refractivity contribution < 1.29 is 9.90 Å². The Morgan fingerprint density at radius 3 is 2.58 bits per heavy atom. The molecule has 132 valence electrons. The largest absolute Gasteiger partial charge is 0.507 e. The number of aromatic nitrogens is 1. The molecule has 0 aliphatic rings. The number of hydrazone groups is 1. The van der Waals surface area contributed by atoms with Crippen LogP contribution in [0.2, 0.25) is 0 Å². The van der Waals surface area contributed by atoms with E-state index in [2.05, 4.69) is 49.8 Å². The predicted octanol–water partition coefficient (Wildman–Crippen LogP) is 4.17. The number of amides is 1. The summed E-state index contributed by atoms with van der Waals surface area (Å²) in [6.45, 7) is 4.05. The molecule has 0 saturated heterocycles. The molecule has 1 amide bonds. The number of aromatic hydroxyl groups is 1. The number of benzene rings is 2. The number of rotatable bonds is 4. The van der Waals surface area contributed by atoms with Crippen molar-refractivity contribution in [2.75, 3.05) is 0 Å². The molecule has 0 unspecified atom stereocenters. The predicted molar refractivity (Wildman–Crippen MR) is 111 cm³/mol. The SMILES string of the molecule is Cc1cc(/C=N\NC(=O)c2ccccc2O)c(C)n1-c1ccccc1I. The van der Waals surface area contributed by atoms with E-state index in [1.165, 1.54) is 6.07 Å². The standard InChI is InChI=1S/C20H18IN3O2/c1-13-11-15(14(2)24(13)18-9-5-4-8-17(18)21)12-22-23-20(26)16-7-3-6-10-19(16)25/h3-12,25H,1-2H3,(H,23,26)/b22-12-. The van der Waals surface area contributed by atoms with Crippen LogP contribution in [0.4, 0.5) is 0 Å². The van der Waals surface area contributed by atoms with Crippen LogP contribution in [0.3, 0.4) is 0 Å². The van der Waals surface area contributed by atoms with E-state index in [-0.39, 0.29) is 11.3 Å². The van der Waals surface area contributed by atoms with Crippen molar-refractivity contribution in [1.82, 2.24) is 9.99 Å². The topological polar surface area (TPSA) is 66.6 Å². The van der Waals surface area contributed by atoms with Crippen molar-refractivity contribution in [3.63, 3.8) is 0 Å². The average molecular weight is 459 g/mol. The summed E-state index contributed by atoms with van der Waals surface area (Å²) in [4.78, 5) is 12.1. The first kappa shape index (κ1) is 18.2. The lowest BCUT2D eigenvalue weighted by Crippen LogP contribution is -2.17. The minimum atomic E-state index is -0.453. The quantitative estimate of drug-likeness (QED) is 0.350. The number of nitrogens with zero attached hydrogens (tertiary/aromatic N) is 2. The van der Waals surface area contributed by atoms with Gasteiger partial charge >= 0.3 is 0 Å². The Hall–Kier alpha value is -2.61. The van der Waals surface area contributed by atoms with Crippen molar-refractivity contribution in [3.05, 3.63) is 80.7 Å². The second-order valence-corrected chi connectivity index (χ2v) is 6.99. The molecule has 1 heterocycles. The molecule has 0 bridgehead atoms. The van der Waals surface area contributed by atoms with Crippen molar-refractivity contribution in [2.24, 2.45) is 5.10 Å². The first-order valence-electron chi connectivity index (χ1n) is 8.04. The number of phenols is 1. The van der Waals surface area contributed by atoms with Gasteiger partial charge in [-0.3, -0.25) is 4.79 Å². The molecule has 0 fully saturated rings. The van der Waals surface area contributed by atoms with Gasteiger partial charge in [0.1, 0.15) is 5.75 Å². The maximum atomic E-state index is 12.1. The molecule has 0 radical (unpaired) electrons. The highest BCUT2D eigenvalue weighted by molar-refractivity contribution is 14.1. The van der Waals surface area contributed by atoms with E-state index in [0.717, 1.165) is 26.2 Å². The van der Waals surface area contributed by atoms with E-state index in [0.29, 0.717) is 0 Å². The monoisotopic (exact) mass is 459 g/mol. The molecular weight excluding hydrogens is 441 g/mol. The van der Waals surface area contributed by atoms with Crippen LogP contribution in [0.1, 0.15) is 27.3 Å². The molecule has 0 aliphatic heterocycles. The van der Waals surface area contributed by atoms with E-state index in [9.17, 15) is 9.90 Å². The Bertz CT molecular complexity index is 992. The van der Waals surface area contributed by atoms with Gasteiger partial charge in [0.2, 0.25) is 0 Å². The third kappa shape index (κ3) is 3.65. The maximum absolute atomic E-state index is 12.1. The number of phenolic OH excluding ortho intramolecular Hbond substituents is 1. The van der Waals surface area contributed by atoms with Gasteiger partial charge in [0.05, 0.1) is 17.5 Å². The second kappa shape index (κ2) is 7.74. The van der Waals surface area contributed by atoms with Crippen LogP contribution in [0.15, 0.2) is 59.7 Å². The summed E-state index contributed by atoms with van der Waals surface area (Å²) in [5.74, 6) is -0.525. The third-order valence-corrected chi connectivity index (χ3v) is 4.99. The lowest BCUT2D eigenvalue weighted by atomic mass is 10.2. The minimum absolute atomic E-state index is 0.0722. The highest BCUT2D eigenvalue weighted by atomic mass is 127. The second-order valence-electron chi connectivity index (χ2n) is 5.83. The van der Waals surface area contributed by atoms with Crippen LogP contribution in [0.5, 0.6) is 5.75 Å². The molecule has 2 aromatic carbocycles. The summed E-state index contributed by atoms with van der Waals surface area (Å²) in [5, 5.41) is 13.8. The summed E-state index contributed by atoms with van der Waals surface area (Å²) in [5.41, 5.74) is 6.79. The first-order valence-corrected chi connectivity index (χ1v) is 9.12. The lowest BCUT2D eigenvalue weighted by Gasteiger charge is -2.11. The van der Waals surface area contributed by atoms with Gasteiger partial charge < -0.3 is 9.67 Å². The molecule has 5 nitrogen and oxygen atoms in total. The van der Waals surface area contributed by atoms with Crippen LogP contribution in [-0.4, -0.2) is 21.8 Å². The number of carbonyl (C=O) groups is 1. The van der Waals surface area contributed by atoms with Crippen LogP contribution in [0, 0.1) is 17.4 Å². The number of hydrogen-bond donors (Lipinski definition) is 2. The molecule has 0 saturated carbocycles. The van der Waals surface area contributed by atoms with Gasteiger partial charge in [-0.2, -0.15) is 5.10 Å². The molecule has 0 aliphatic carbocycles. The van der Waals surface area contributed by atoms with Gasteiger partial charge in [-0.25, -0.2) is 5.43 Å². The molecule has 3 aromatic rings. The fraction of sp³-hybridized carbons (Fsp3) is 0.100. The molecule has 0 atom stereocenters. The van der Waals surface area contributed by atoms with Crippen molar-refractivity contribution in [2.45, 2.75) is 13.8 Å². The number of aryl methyl sites for hydroxylation is 1. The Kier molecular flexibility index (Phi) is 5.41. The van der Waals surface area contributed by atoms with E-state index >= 15 is 0 Å². The zero-order valence-corrected chi connectivity index (χ0v) is 16.6. The van der Waals surface area contributed by atoms with E-state index in [1.807, 2.05) is 32.0 Å². The van der Waals surface area contributed by atoms with Crippen molar-refractivity contribution in [1.29, 1.82) is 0 Å². The van der Waals surface area contributed by atoms with Crippen LogP contribution < -0.4 is 5.43 Å². The van der Waals surface area contributed by atoms with E-state index in [1.54, 1.807) is 24.4 Å². The van der Waals surface area contributed by atoms with E-state index in [4.69, 9.17) is 0 Å². The number of nitrogens with one attached hydrogen (secondary N) is 1. The summed E-state index contributed by atoms with van der Waals surface area (Å²) >= 11 is 2.32. The van der Waals surface area contributed by atoms with Gasteiger partial charge in [0.15, 0.2) is 0 Å². The fourth-order valence-corrected chi connectivity index (χ4v) is 3.44. The van der Waals surface area contributed by atoms with Gasteiger partial charge in [0, 0.05) is 20.5 Å².